The van der Waals surface area contributed by atoms with Gasteiger partial charge in [-0.15, -0.1) is 0 Å². The minimum atomic E-state index is -0.297. The van der Waals surface area contributed by atoms with Gasteiger partial charge in [-0.05, 0) is 42.3 Å². The summed E-state index contributed by atoms with van der Waals surface area (Å²) in [4.78, 5) is 23.9. The third kappa shape index (κ3) is 4.83. The average molecular weight is 348 g/mol. The maximum absolute atomic E-state index is 12.0. The zero-order valence-electron chi connectivity index (χ0n) is 14.5. The molecule has 0 atom stereocenters. The van der Waals surface area contributed by atoms with Gasteiger partial charge in [-0.3, -0.25) is 9.59 Å². The lowest BCUT2D eigenvalue weighted by atomic mass is 10.1. The highest BCUT2D eigenvalue weighted by Crippen LogP contribution is 2.12. The lowest BCUT2D eigenvalue weighted by molar-refractivity contribution is -0.120. The molecule has 5 heteroatoms. The Hall–Kier alpha value is -3.34. The van der Waals surface area contributed by atoms with Crippen molar-refractivity contribution in [1.82, 2.24) is 5.32 Å². The second-order valence-electron chi connectivity index (χ2n) is 6.07. The van der Waals surface area contributed by atoms with Gasteiger partial charge in [-0.2, -0.15) is 0 Å². The molecule has 3 rings (SSSR count). The van der Waals surface area contributed by atoms with Gasteiger partial charge in [0.15, 0.2) is 5.76 Å². The predicted octanol–water partition coefficient (Wildman–Crippen LogP) is 3.70. The first-order valence-corrected chi connectivity index (χ1v) is 8.36. The number of rotatable bonds is 6. The fraction of sp³-hybridized carbons (Fsp3) is 0.143. The van der Waals surface area contributed by atoms with Gasteiger partial charge in [0.1, 0.15) is 0 Å². The second kappa shape index (κ2) is 8.16. The number of carbonyl (C=O) groups excluding carboxylic acids is 2. The van der Waals surface area contributed by atoms with E-state index in [2.05, 4.69) is 10.6 Å². The smallest absolute Gasteiger partial charge is 0.291 e. The number of aryl methyl sites for hydroxylation is 1. The first-order valence-electron chi connectivity index (χ1n) is 8.36. The normalized spacial score (nSPS) is 10.3. The lowest BCUT2D eigenvalue weighted by Gasteiger charge is -2.08. The fourth-order valence-corrected chi connectivity index (χ4v) is 2.46. The van der Waals surface area contributed by atoms with Crippen molar-refractivity contribution >= 4 is 17.5 Å². The van der Waals surface area contributed by atoms with E-state index in [1.807, 2.05) is 43.3 Å². The van der Waals surface area contributed by atoms with Crippen LogP contribution in [-0.4, -0.2) is 11.8 Å². The van der Waals surface area contributed by atoms with Gasteiger partial charge >= 0.3 is 0 Å². The molecular weight excluding hydrogens is 328 g/mol. The Labute approximate surface area is 152 Å². The SMILES string of the molecule is Cc1ccc(CC(=O)NCc2ccc(NC(=O)c3ccco3)cc2)cc1. The highest BCUT2D eigenvalue weighted by Gasteiger charge is 2.08. The molecule has 3 aromatic rings. The molecule has 0 aliphatic carbocycles. The third-order valence-electron chi connectivity index (χ3n) is 3.93. The number of hydrogen-bond donors (Lipinski definition) is 2. The van der Waals surface area contributed by atoms with Crippen LogP contribution in [0.1, 0.15) is 27.2 Å². The molecule has 2 aromatic carbocycles. The zero-order chi connectivity index (χ0) is 18.4. The van der Waals surface area contributed by atoms with Gasteiger partial charge in [0.05, 0.1) is 12.7 Å². The van der Waals surface area contributed by atoms with Crippen molar-refractivity contribution in [3.05, 3.63) is 89.4 Å². The van der Waals surface area contributed by atoms with Gasteiger partial charge in [-0.25, -0.2) is 0 Å². The summed E-state index contributed by atoms with van der Waals surface area (Å²) in [5.41, 5.74) is 3.79. The molecular formula is C21H20N2O3. The van der Waals surface area contributed by atoms with Gasteiger partial charge in [-0.1, -0.05) is 42.0 Å². The summed E-state index contributed by atoms with van der Waals surface area (Å²) in [6, 6.07) is 18.5. The monoisotopic (exact) mass is 348 g/mol. The molecule has 132 valence electrons. The van der Waals surface area contributed by atoms with Gasteiger partial charge in [0.2, 0.25) is 5.91 Å². The third-order valence-corrected chi connectivity index (χ3v) is 3.93. The molecule has 0 saturated carbocycles. The molecule has 2 N–H and O–H groups in total. The standard InChI is InChI=1S/C21H20N2O3/c1-15-4-6-16(7-5-15)13-20(24)22-14-17-8-10-18(11-9-17)23-21(25)19-3-2-12-26-19/h2-12H,13-14H2,1H3,(H,22,24)(H,23,25). The van der Waals surface area contributed by atoms with Crippen LogP contribution in [0.4, 0.5) is 5.69 Å². The average Bonchev–Trinajstić information content (AvgIpc) is 3.18. The van der Waals surface area contributed by atoms with Crippen LogP contribution in [0.15, 0.2) is 71.3 Å². The Morgan fingerprint density at radius 3 is 2.27 bits per heavy atom. The minimum absolute atomic E-state index is 0.0240. The molecule has 0 aliphatic heterocycles. The molecule has 1 heterocycles. The maximum Gasteiger partial charge on any atom is 0.291 e. The largest absolute Gasteiger partial charge is 0.459 e. The molecule has 0 spiro atoms. The summed E-state index contributed by atoms with van der Waals surface area (Å²) in [6.07, 6.45) is 1.81. The van der Waals surface area contributed by atoms with Crippen molar-refractivity contribution in [2.75, 3.05) is 5.32 Å². The predicted molar refractivity (Wildman–Crippen MR) is 99.8 cm³/mol. The molecule has 0 aliphatic rings. The van der Waals surface area contributed by atoms with Crippen molar-refractivity contribution in [3.63, 3.8) is 0 Å². The summed E-state index contributed by atoms with van der Waals surface area (Å²) in [7, 11) is 0. The Balaban J connectivity index is 1.48. The topological polar surface area (TPSA) is 71.3 Å². The number of anilines is 1. The number of amides is 2. The summed E-state index contributed by atoms with van der Waals surface area (Å²) >= 11 is 0. The van der Waals surface area contributed by atoms with E-state index in [1.54, 1.807) is 24.3 Å². The van der Waals surface area contributed by atoms with E-state index in [0.717, 1.165) is 11.1 Å². The Bertz CT molecular complexity index is 867. The van der Waals surface area contributed by atoms with Crippen LogP contribution in [0.2, 0.25) is 0 Å². The van der Waals surface area contributed by atoms with Crippen LogP contribution < -0.4 is 10.6 Å². The number of furan rings is 1. The van der Waals surface area contributed by atoms with Crippen LogP contribution in [-0.2, 0) is 17.8 Å². The van der Waals surface area contributed by atoms with E-state index < -0.39 is 0 Å². The molecule has 0 fully saturated rings. The number of hydrogen-bond acceptors (Lipinski definition) is 3. The summed E-state index contributed by atoms with van der Waals surface area (Å²) < 4.78 is 5.05. The Morgan fingerprint density at radius 1 is 0.923 bits per heavy atom. The van der Waals surface area contributed by atoms with Gasteiger partial charge in [0, 0.05) is 12.2 Å². The van der Waals surface area contributed by atoms with Crippen LogP contribution in [0, 0.1) is 6.92 Å². The first-order chi connectivity index (χ1) is 12.6. The summed E-state index contributed by atoms with van der Waals surface area (Å²) in [5, 5.41) is 5.66. The van der Waals surface area contributed by atoms with Gasteiger partial charge < -0.3 is 15.1 Å². The summed E-state index contributed by atoms with van der Waals surface area (Å²) in [6.45, 7) is 2.46. The van der Waals surface area contributed by atoms with Crippen LogP contribution in [0.25, 0.3) is 0 Å². The Morgan fingerprint density at radius 2 is 1.62 bits per heavy atom. The zero-order valence-corrected chi connectivity index (χ0v) is 14.5. The fourth-order valence-electron chi connectivity index (χ4n) is 2.46. The van der Waals surface area contributed by atoms with E-state index in [9.17, 15) is 9.59 Å². The lowest BCUT2D eigenvalue weighted by Crippen LogP contribution is -2.24. The quantitative estimate of drug-likeness (QED) is 0.713. The van der Waals surface area contributed by atoms with Crippen LogP contribution >= 0.6 is 0 Å². The number of carbonyl (C=O) groups is 2. The Kier molecular flexibility index (Phi) is 5.49. The molecule has 26 heavy (non-hydrogen) atoms. The molecule has 1 aromatic heterocycles. The highest BCUT2D eigenvalue weighted by atomic mass is 16.3. The van der Waals surface area contributed by atoms with Crippen molar-refractivity contribution in [3.8, 4) is 0 Å². The molecule has 0 bridgehead atoms. The minimum Gasteiger partial charge on any atom is -0.459 e. The highest BCUT2D eigenvalue weighted by molar-refractivity contribution is 6.02. The molecule has 0 radical (unpaired) electrons. The van der Waals surface area contributed by atoms with E-state index in [1.165, 1.54) is 11.8 Å². The van der Waals surface area contributed by atoms with Gasteiger partial charge in [0.25, 0.3) is 5.91 Å². The summed E-state index contributed by atoms with van der Waals surface area (Å²) in [5.74, 6) is -0.0596. The van der Waals surface area contributed by atoms with E-state index in [4.69, 9.17) is 4.42 Å². The number of nitrogens with one attached hydrogen (secondary N) is 2. The van der Waals surface area contributed by atoms with Crippen molar-refractivity contribution < 1.29 is 14.0 Å². The van der Waals surface area contributed by atoms with Crippen molar-refractivity contribution in [1.29, 1.82) is 0 Å². The maximum atomic E-state index is 12.0. The first kappa shape index (κ1) is 17.5. The van der Waals surface area contributed by atoms with Crippen LogP contribution in [0.3, 0.4) is 0 Å². The molecule has 2 amide bonds. The molecule has 0 saturated heterocycles. The van der Waals surface area contributed by atoms with Crippen LogP contribution in [0.5, 0.6) is 0 Å². The number of benzene rings is 2. The van der Waals surface area contributed by atoms with Crippen molar-refractivity contribution in [2.24, 2.45) is 0 Å². The molecule has 0 unspecified atom stereocenters. The van der Waals surface area contributed by atoms with E-state index in [-0.39, 0.29) is 17.6 Å². The van der Waals surface area contributed by atoms with E-state index >= 15 is 0 Å². The second-order valence-corrected chi connectivity index (χ2v) is 6.07. The van der Waals surface area contributed by atoms with Crippen molar-refractivity contribution in [2.45, 2.75) is 19.9 Å². The molecule has 5 nitrogen and oxygen atoms in total. The van der Waals surface area contributed by atoms with E-state index in [0.29, 0.717) is 18.7 Å².